The van der Waals surface area contributed by atoms with Crippen LogP contribution in [-0.4, -0.2) is 34.7 Å². The first-order valence-electron chi connectivity index (χ1n) is 10.4. The summed E-state index contributed by atoms with van der Waals surface area (Å²) in [6, 6.07) is 0.863. The van der Waals surface area contributed by atoms with E-state index in [4.69, 9.17) is 17.0 Å². The van der Waals surface area contributed by atoms with Gasteiger partial charge in [-0.3, -0.25) is 0 Å². The highest BCUT2D eigenvalue weighted by molar-refractivity contribution is 7.80. The molecule has 0 amide bonds. The molecule has 0 unspecified atom stereocenters. The van der Waals surface area contributed by atoms with Gasteiger partial charge in [0.25, 0.3) is 0 Å². The number of hydrogen-bond donors (Lipinski definition) is 1. The fraction of sp³-hybridized carbons (Fsp3) is 0.714. The Hall–Kier alpha value is -1.14. The smallest absolute Gasteiger partial charge is 0.341 e. The SMILES string of the molecule is CCOC(=O)c1c(NC(=S)N2[C@H](C)CCC[C@@H]2C)sc2c1CCCCCC2. The summed E-state index contributed by atoms with van der Waals surface area (Å²) < 4.78 is 5.41. The quantitative estimate of drug-likeness (QED) is 0.525. The third kappa shape index (κ3) is 4.65. The number of hydrogen-bond acceptors (Lipinski definition) is 4. The summed E-state index contributed by atoms with van der Waals surface area (Å²) in [7, 11) is 0. The second-order valence-electron chi connectivity index (χ2n) is 7.81. The van der Waals surface area contributed by atoms with E-state index in [9.17, 15) is 4.79 Å². The number of ether oxygens (including phenoxy) is 1. The van der Waals surface area contributed by atoms with Crippen molar-refractivity contribution in [1.82, 2.24) is 4.90 Å². The predicted octanol–water partition coefficient (Wildman–Crippen LogP) is 5.54. The molecule has 0 aromatic carbocycles. The van der Waals surface area contributed by atoms with Crippen molar-refractivity contribution in [2.24, 2.45) is 0 Å². The lowest BCUT2D eigenvalue weighted by Gasteiger charge is -2.40. The van der Waals surface area contributed by atoms with Crippen LogP contribution in [-0.2, 0) is 17.6 Å². The number of thiocarbonyl (C=S) groups is 1. The highest BCUT2D eigenvalue weighted by Gasteiger charge is 2.30. The number of carbonyl (C=O) groups is 1. The first kappa shape index (κ1) is 20.6. The molecule has 1 saturated heterocycles. The molecule has 2 atom stereocenters. The number of thiophene rings is 1. The molecule has 1 fully saturated rings. The van der Waals surface area contributed by atoms with Gasteiger partial charge in [0, 0.05) is 17.0 Å². The zero-order valence-electron chi connectivity index (χ0n) is 16.8. The number of esters is 1. The topological polar surface area (TPSA) is 41.6 Å². The number of rotatable bonds is 3. The molecule has 150 valence electrons. The van der Waals surface area contributed by atoms with Gasteiger partial charge in [0.15, 0.2) is 5.11 Å². The maximum atomic E-state index is 12.8. The molecule has 0 spiro atoms. The van der Waals surface area contributed by atoms with Crippen LogP contribution >= 0.6 is 23.6 Å². The van der Waals surface area contributed by atoms with Crippen LogP contribution in [0.1, 0.15) is 86.5 Å². The number of nitrogens with one attached hydrogen (secondary N) is 1. The van der Waals surface area contributed by atoms with E-state index in [1.807, 2.05) is 6.92 Å². The molecule has 27 heavy (non-hydrogen) atoms. The highest BCUT2D eigenvalue weighted by atomic mass is 32.1. The van der Waals surface area contributed by atoms with Crippen LogP contribution in [0.4, 0.5) is 5.00 Å². The first-order chi connectivity index (χ1) is 13.0. The van der Waals surface area contributed by atoms with E-state index in [0.29, 0.717) is 18.7 Å². The molecular formula is C21H32N2O2S2. The molecule has 1 N–H and O–H groups in total. The molecule has 1 aliphatic carbocycles. The number of likely N-dealkylation sites (tertiary alicyclic amines) is 1. The summed E-state index contributed by atoms with van der Waals surface area (Å²) in [5, 5.41) is 5.08. The number of aryl methyl sites for hydroxylation is 1. The Balaban J connectivity index is 1.90. The minimum absolute atomic E-state index is 0.208. The number of nitrogens with zero attached hydrogens (tertiary/aromatic N) is 1. The summed E-state index contributed by atoms with van der Waals surface area (Å²) in [4.78, 5) is 16.4. The average molecular weight is 409 g/mol. The minimum atomic E-state index is -0.208. The Morgan fingerprint density at radius 3 is 2.48 bits per heavy atom. The number of fused-ring (bicyclic) bond motifs is 1. The fourth-order valence-corrected chi connectivity index (χ4v) is 6.21. The van der Waals surface area contributed by atoms with Crippen molar-refractivity contribution in [2.45, 2.75) is 90.6 Å². The summed E-state index contributed by atoms with van der Waals surface area (Å²) in [5.74, 6) is -0.208. The van der Waals surface area contributed by atoms with E-state index in [1.54, 1.807) is 11.3 Å². The van der Waals surface area contributed by atoms with Crippen molar-refractivity contribution in [1.29, 1.82) is 0 Å². The first-order valence-corrected chi connectivity index (χ1v) is 11.7. The highest BCUT2D eigenvalue weighted by Crippen LogP contribution is 2.38. The number of piperidine rings is 1. The Labute approximate surface area is 172 Å². The molecule has 0 radical (unpaired) electrons. The fourth-order valence-electron chi connectivity index (χ4n) is 4.41. The van der Waals surface area contributed by atoms with E-state index >= 15 is 0 Å². The lowest BCUT2D eigenvalue weighted by atomic mass is 9.96. The minimum Gasteiger partial charge on any atom is -0.462 e. The van der Waals surface area contributed by atoms with Crippen LogP contribution in [0, 0.1) is 0 Å². The largest absolute Gasteiger partial charge is 0.462 e. The average Bonchev–Trinajstić information content (AvgIpc) is 2.91. The van der Waals surface area contributed by atoms with Crippen molar-refractivity contribution < 1.29 is 9.53 Å². The van der Waals surface area contributed by atoms with Crippen molar-refractivity contribution in [3.05, 3.63) is 16.0 Å². The predicted molar refractivity (Wildman–Crippen MR) is 117 cm³/mol. The second-order valence-corrected chi connectivity index (χ2v) is 9.30. The molecule has 0 saturated carbocycles. The summed E-state index contributed by atoms with van der Waals surface area (Å²) in [5.41, 5.74) is 1.93. The van der Waals surface area contributed by atoms with Gasteiger partial charge in [-0.25, -0.2) is 4.79 Å². The van der Waals surface area contributed by atoms with Crippen molar-refractivity contribution in [3.8, 4) is 0 Å². The van der Waals surface area contributed by atoms with Crippen LogP contribution in [0.3, 0.4) is 0 Å². The molecule has 2 heterocycles. The summed E-state index contributed by atoms with van der Waals surface area (Å²) in [6.07, 6.45) is 10.4. The van der Waals surface area contributed by atoms with E-state index in [1.165, 1.54) is 36.1 Å². The third-order valence-corrected chi connectivity index (χ3v) is 7.32. The molecule has 3 rings (SSSR count). The number of anilines is 1. The Morgan fingerprint density at radius 1 is 1.15 bits per heavy atom. The lowest BCUT2D eigenvalue weighted by molar-refractivity contribution is 0.0526. The third-order valence-electron chi connectivity index (χ3n) is 5.80. The number of carbonyl (C=O) groups excluding carboxylic acids is 1. The summed E-state index contributed by atoms with van der Waals surface area (Å²) in [6.45, 7) is 6.74. The van der Waals surface area contributed by atoms with Gasteiger partial charge in [-0.1, -0.05) is 12.8 Å². The van der Waals surface area contributed by atoms with Crippen molar-refractivity contribution in [2.75, 3.05) is 11.9 Å². The van der Waals surface area contributed by atoms with Gasteiger partial charge in [-0.2, -0.15) is 0 Å². The molecule has 1 aliphatic heterocycles. The van der Waals surface area contributed by atoms with Gasteiger partial charge in [-0.05, 0) is 83.5 Å². The van der Waals surface area contributed by atoms with Gasteiger partial charge >= 0.3 is 5.97 Å². The Kier molecular flexibility index (Phi) is 7.15. The summed E-state index contributed by atoms with van der Waals surface area (Å²) >= 11 is 7.49. The molecule has 2 aliphatic rings. The standard InChI is InChI=1S/C21H32N2O2S2/c1-4-25-20(24)18-16-12-7-5-6-8-13-17(16)27-19(18)22-21(26)23-14(2)10-9-11-15(23)3/h14-15H,4-13H2,1-3H3,(H,22,26)/t14-,15+. The maximum Gasteiger partial charge on any atom is 0.341 e. The lowest BCUT2D eigenvalue weighted by Crippen LogP contribution is -2.49. The van der Waals surface area contributed by atoms with Crippen LogP contribution in [0.5, 0.6) is 0 Å². The second kappa shape index (κ2) is 9.37. The normalized spacial score (nSPS) is 23.1. The Bertz CT molecular complexity index is 676. The van der Waals surface area contributed by atoms with E-state index in [0.717, 1.165) is 47.8 Å². The van der Waals surface area contributed by atoms with Crippen LogP contribution in [0.25, 0.3) is 0 Å². The van der Waals surface area contributed by atoms with Crippen molar-refractivity contribution >= 4 is 39.6 Å². The van der Waals surface area contributed by atoms with E-state index in [2.05, 4.69) is 24.1 Å². The van der Waals surface area contributed by atoms with E-state index < -0.39 is 0 Å². The molecule has 0 bridgehead atoms. The molecule has 1 aromatic heterocycles. The van der Waals surface area contributed by atoms with Crippen LogP contribution < -0.4 is 5.32 Å². The van der Waals surface area contributed by atoms with Gasteiger partial charge in [0.1, 0.15) is 5.00 Å². The van der Waals surface area contributed by atoms with Gasteiger partial charge in [-0.15, -0.1) is 11.3 Å². The van der Waals surface area contributed by atoms with E-state index in [-0.39, 0.29) is 5.97 Å². The van der Waals surface area contributed by atoms with Crippen LogP contribution in [0.15, 0.2) is 0 Å². The maximum absolute atomic E-state index is 12.8. The van der Waals surface area contributed by atoms with Gasteiger partial charge < -0.3 is 15.0 Å². The van der Waals surface area contributed by atoms with Gasteiger partial charge in [0.05, 0.1) is 12.2 Å². The zero-order chi connectivity index (χ0) is 19.4. The Morgan fingerprint density at radius 2 is 1.81 bits per heavy atom. The molecule has 6 heteroatoms. The van der Waals surface area contributed by atoms with Crippen LogP contribution in [0.2, 0.25) is 0 Å². The monoisotopic (exact) mass is 408 g/mol. The van der Waals surface area contributed by atoms with Gasteiger partial charge in [0.2, 0.25) is 0 Å². The molecular weight excluding hydrogens is 376 g/mol. The van der Waals surface area contributed by atoms with Crippen molar-refractivity contribution in [3.63, 3.8) is 0 Å². The zero-order valence-corrected chi connectivity index (χ0v) is 18.4. The molecule has 1 aromatic rings. The molecule has 4 nitrogen and oxygen atoms in total.